The molecular weight excluding hydrogens is 354 g/mol. The van der Waals surface area contributed by atoms with Crippen molar-refractivity contribution < 1.29 is 9.53 Å². The monoisotopic (exact) mass is 379 g/mol. The smallest absolute Gasteiger partial charge is 0.252 e. The second-order valence-electron chi connectivity index (χ2n) is 6.99. The van der Waals surface area contributed by atoms with Gasteiger partial charge in [-0.3, -0.25) is 9.69 Å². The van der Waals surface area contributed by atoms with Crippen molar-refractivity contribution in [1.29, 1.82) is 0 Å². The first-order chi connectivity index (χ1) is 13.8. The molecule has 7 nitrogen and oxygen atoms in total. The van der Waals surface area contributed by atoms with E-state index in [0.29, 0.717) is 18.7 Å². The van der Waals surface area contributed by atoms with E-state index in [0.717, 1.165) is 50.4 Å². The predicted molar refractivity (Wildman–Crippen MR) is 107 cm³/mol. The maximum Gasteiger partial charge on any atom is 0.252 e. The van der Waals surface area contributed by atoms with Crippen molar-refractivity contribution in [2.45, 2.75) is 13.0 Å². The van der Waals surface area contributed by atoms with E-state index in [9.17, 15) is 4.79 Å². The summed E-state index contributed by atoms with van der Waals surface area (Å²) in [6.45, 7) is 5.88. The molecule has 2 aromatic heterocycles. The molecule has 1 amide bonds. The molecule has 3 aromatic rings. The van der Waals surface area contributed by atoms with Gasteiger partial charge in [-0.1, -0.05) is 30.3 Å². The van der Waals surface area contributed by atoms with Gasteiger partial charge in [-0.25, -0.2) is 9.97 Å². The number of carbonyl (C=O) groups excluding carboxylic acids is 1. The van der Waals surface area contributed by atoms with Crippen LogP contribution in [-0.4, -0.2) is 64.7 Å². The van der Waals surface area contributed by atoms with Gasteiger partial charge in [0.15, 0.2) is 5.65 Å². The van der Waals surface area contributed by atoms with Crippen molar-refractivity contribution in [3.63, 3.8) is 0 Å². The highest BCUT2D eigenvalue weighted by Gasteiger charge is 2.12. The maximum absolute atomic E-state index is 12.4. The summed E-state index contributed by atoms with van der Waals surface area (Å²) in [5, 5.41) is 2.98. The summed E-state index contributed by atoms with van der Waals surface area (Å²) in [6.07, 6.45) is 4.32. The first kappa shape index (κ1) is 18.6. The summed E-state index contributed by atoms with van der Waals surface area (Å²) in [7, 11) is 0. The van der Waals surface area contributed by atoms with Crippen LogP contribution in [-0.2, 0) is 11.3 Å². The fraction of sp³-hybridized carbons (Fsp3) is 0.381. The zero-order chi connectivity index (χ0) is 19.2. The lowest BCUT2D eigenvalue weighted by molar-refractivity contribution is 0.0374. The largest absolute Gasteiger partial charge is 0.379 e. The Morgan fingerprint density at radius 1 is 1.14 bits per heavy atom. The highest BCUT2D eigenvalue weighted by molar-refractivity contribution is 5.96. The molecule has 146 valence electrons. The molecule has 1 saturated heterocycles. The second-order valence-corrected chi connectivity index (χ2v) is 6.99. The molecule has 28 heavy (non-hydrogen) atoms. The number of nitrogens with zero attached hydrogens (tertiary/aromatic N) is 4. The van der Waals surface area contributed by atoms with Crippen LogP contribution >= 0.6 is 0 Å². The summed E-state index contributed by atoms with van der Waals surface area (Å²) >= 11 is 0. The average Bonchev–Trinajstić information content (AvgIpc) is 3.14. The molecule has 1 aliphatic rings. The van der Waals surface area contributed by atoms with Crippen LogP contribution in [0.15, 0.2) is 48.9 Å². The van der Waals surface area contributed by atoms with Gasteiger partial charge in [0.2, 0.25) is 0 Å². The number of imidazole rings is 1. The minimum absolute atomic E-state index is 0.103. The molecule has 7 heteroatoms. The van der Waals surface area contributed by atoms with E-state index in [1.807, 2.05) is 22.8 Å². The zero-order valence-electron chi connectivity index (χ0n) is 15.9. The molecule has 3 heterocycles. The molecule has 0 saturated carbocycles. The van der Waals surface area contributed by atoms with Crippen LogP contribution in [0, 0.1) is 0 Å². The molecule has 0 bridgehead atoms. The van der Waals surface area contributed by atoms with Crippen molar-refractivity contribution in [2.24, 2.45) is 0 Å². The second kappa shape index (κ2) is 8.95. The van der Waals surface area contributed by atoms with Gasteiger partial charge in [0.1, 0.15) is 5.52 Å². The Labute approximate surface area is 164 Å². The molecule has 4 rings (SSSR count). The molecule has 1 fully saturated rings. The Bertz CT molecular complexity index is 919. The molecule has 0 spiro atoms. The standard InChI is InChI=1S/C21H25N5O2/c27-21(22-7-4-8-25-9-11-28-12-10-25)18-13-19-20(23-14-18)26(16-24-19)15-17-5-2-1-3-6-17/h1-3,5-6,13-14,16H,4,7-12,15H2,(H,22,27). The maximum atomic E-state index is 12.4. The lowest BCUT2D eigenvalue weighted by Crippen LogP contribution is -2.38. The van der Waals surface area contributed by atoms with E-state index in [4.69, 9.17) is 4.74 Å². The van der Waals surface area contributed by atoms with Crippen molar-refractivity contribution in [3.05, 3.63) is 60.0 Å². The number of pyridine rings is 1. The summed E-state index contributed by atoms with van der Waals surface area (Å²) in [5.74, 6) is -0.103. The van der Waals surface area contributed by atoms with E-state index in [2.05, 4.69) is 32.3 Å². The Hall–Kier alpha value is -2.77. The first-order valence-electron chi connectivity index (χ1n) is 9.73. The number of carbonyl (C=O) groups is 1. The SMILES string of the molecule is O=C(NCCCN1CCOCC1)c1cnc2c(c1)ncn2Cc1ccccc1. The number of rotatable bonds is 7. The molecule has 0 unspecified atom stereocenters. The van der Waals surface area contributed by atoms with Gasteiger partial charge in [-0.15, -0.1) is 0 Å². The van der Waals surface area contributed by atoms with Crippen molar-refractivity contribution in [1.82, 2.24) is 24.8 Å². The summed E-state index contributed by atoms with van der Waals surface area (Å²) in [4.78, 5) is 23.7. The number of hydrogen-bond acceptors (Lipinski definition) is 5. The van der Waals surface area contributed by atoms with Gasteiger partial charge >= 0.3 is 0 Å². The van der Waals surface area contributed by atoms with Crippen LogP contribution < -0.4 is 5.32 Å². The van der Waals surface area contributed by atoms with E-state index in [1.165, 1.54) is 5.56 Å². The van der Waals surface area contributed by atoms with Gasteiger partial charge < -0.3 is 14.6 Å². The number of amides is 1. The van der Waals surface area contributed by atoms with Crippen LogP contribution in [0.1, 0.15) is 22.3 Å². The number of benzene rings is 1. The van der Waals surface area contributed by atoms with Gasteiger partial charge in [-0.2, -0.15) is 0 Å². The Morgan fingerprint density at radius 3 is 2.79 bits per heavy atom. The minimum atomic E-state index is -0.103. The minimum Gasteiger partial charge on any atom is -0.379 e. The van der Waals surface area contributed by atoms with Crippen LogP contribution in [0.25, 0.3) is 11.2 Å². The van der Waals surface area contributed by atoms with Crippen LogP contribution in [0.5, 0.6) is 0 Å². The van der Waals surface area contributed by atoms with Gasteiger partial charge in [0, 0.05) is 25.8 Å². The molecule has 1 N–H and O–H groups in total. The number of morpholine rings is 1. The highest BCUT2D eigenvalue weighted by atomic mass is 16.5. The third kappa shape index (κ3) is 4.55. The van der Waals surface area contributed by atoms with Crippen molar-refractivity contribution >= 4 is 17.1 Å². The molecule has 1 aromatic carbocycles. The topological polar surface area (TPSA) is 72.3 Å². The number of hydrogen-bond donors (Lipinski definition) is 1. The Balaban J connectivity index is 1.33. The van der Waals surface area contributed by atoms with Crippen molar-refractivity contribution in [2.75, 3.05) is 39.4 Å². The van der Waals surface area contributed by atoms with Crippen molar-refractivity contribution in [3.8, 4) is 0 Å². The summed E-state index contributed by atoms with van der Waals surface area (Å²) in [5.41, 5.74) is 3.25. The Morgan fingerprint density at radius 2 is 1.96 bits per heavy atom. The van der Waals surface area contributed by atoms with Crippen LogP contribution in [0.4, 0.5) is 0 Å². The van der Waals surface area contributed by atoms with Gasteiger partial charge in [-0.05, 0) is 24.6 Å². The van der Waals surface area contributed by atoms with E-state index < -0.39 is 0 Å². The normalized spacial score (nSPS) is 15.0. The fourth-order valence-corrected chi connectivity index (χ4v) is 3.40. The van der Waals surface area contributed by atoms with Crippen LogP contribution in [0.2, 0.25) is 0 Å². The Kier molecular flexibility index (Phi) is 5.94. The number of nitrogens with one attached hydrogen (secondary N) is 1. The zero-order valence-corrected chi connectivity index (χ0v) is 15.9. The highest BCUT2D eigenvalue weighted by Crippen LogP contribution is 2.14. The first-order valence-corrected chi connectivity index (χ1v) is 9.73. The fourth-order valence-electron chi connectivity index (χ4n) is 3.40. The summed E-state index contributed by atoms with van der Waals surface area (Å²) in [6, 6.07) is 12.0. The molecule has 0 radical (unpaired) electrons. The van der Waals surface area contributed by atoms with E-state index in [-0.39, 0.29) is 5.91 Å². The number of ether oxygens (including phenoxy) is 1. The number of fused-ring (bicyclic) bond motifs is 1. The molecule has 0 aliphatic carbocycles. The average molecular weight is 379 g/mol. The number of aromatic nitrogens is 3. The predicted octanol–water partition coefficient (Wildman–Crippen LogP) is 1.93. The quantitative estimate of drug-likeness (QED) is 0.635. The summed E-state index contributed by atoms with van der Waals surface area (Å²) < 4.78 is 7.34. The van der Waals surface area contributed by atoms with E-state index in [1.54, 1.807) is 18.6 Å². The third-order valence-electron chi connectivity index (χ3n) is 4.95. The van der Waals surface area contributed by atoms with Gasteiger partial charge in [0.25, 0.3) is 5.91 Å². The van der Waals surface area contributed by atoms with Gasteiger partial charge in [0.05, 0.1) is 31.6 Å². The van der Waals surface area contributed by atoms with E-state index >= 15 is 0 Å². The third-order valence-corrected chi connectivity index (χ3v) is 4.95. The molecule has 1 aliphatic heterocycles. The lowest BCUT2D eigenvalue weighted by atomic mass is 10.2. The van der Waals surface area contributed by atoms with Crippen LogP contribution in [0.3, 0.4) is 0 Å². The molecule has 0 atom stereocenters. The molecular formula is C21H25N5O2. The lowest BCUT2D eigenvalue weighted by Gasteiger charge is -2.26.